The molecular weight excluding hydrogens is 218 g/mol. The molecule has 1 aliphatic heterocycles. The van der Waals surface area contributed by atoms with Crippen LogP contribution in [0.4, 0.5) is 0 Å². The third-order valence-corrected chi connectivity index (χ3v) is 3.29. The van der Waals surface area contributed by atoms with E-state index in [1.165, 1.54) is 0 Å². The molecule has 0 aliphatic carbocycles. The summed E-state index contributed by atoms with van der Waals surface area (Å²) in [6.45, 7) is 4.81. The SMILES string of the molecule is CCC1CN(Cc2cn(C)nn2)CCC1=NO. The van der Waals surface area contributed by atoms with Gasteiger partial charge in [-0.1, -0.05) is 17.3 Å². The summed E-state index contributed by atoms with van der Waals surface area (Å²) >= 11 is 0. The van der Waals surface area contributed by atoms with Gasteiger partial charge in [-0.3, -0.25) is 9.58 Å². The number of rotatable bonds is 3. The predicted molar refractivity (Wildman–Crippen MR) is 63.9 cm³/mol. The normalized spacial score (nSPS) is 24.4. The van der Waals surface area contributed by atoms with Gasteiger partial charge < -0.3 is 5.21 Å². The Morgan fingerprint density at radius 3 is 3.00 bits per heavy atom. The van der Waals surface area contributed by atoms with Crippen molar-refractivity contribution in [2.24, 2.45) is 18.1 Å². The Morgan fingerprint density at radius 1 is 1.59 bits per heavy atom. The number of aryl methyl sites for hydroxylation is 1. The van der Waals surface area contributed by atoms with Crippen molar-refractivity contribution in [3.8, 4) is 0 Å². The van der Waals surface area contributed by atoms with Crippen LogP contribution in [0.2, 0.25) is 0 Å². The Bertz CT molecular complexity index is 400. The monoisotopic (exact) mass is 237 g/mol. The van der Waals surface area contributed by atoms with Crippen LogP contribution in [0.1, 0.15) is 25.5 Å². The van der Waals surface area contributed by atoms with Crippen molar-refractivity contribution in [2.45, 2.75) is 26.3 Å². The smallest absolute Gasteiger partial charge is 0.0967 e. The van der Waals surface area contributed by atoms with E-state index in [1.54, 1.807) is 4.68 Å². The summed E-state index contributed by atoms with van der Waals surface area (Å²) in [5.41, 5.74) is 1.93. The standard InChI is InChI=1S/C11H19N5O/c1-3-9-6-16(5-4-11(9)13-17)8-10-7-15(2)14-12-10/h7,9,17H,3-6,8H2,1-2H3. The maximum Gasteiger partial charge on any atom is 0.0967 e. The zero-order valence-corrected chi connectivity index (χ0v) is 10.4. The number of hydrogen-bond acceptors (Lipinski definition) is 5. The molecule has 1 aliphatic rings. The lowest BCUT2D eigenvalue weighted by Crippen LogP contribution is -2.40. The van der Waals surface area contributed by atoms with Crippen molar-refractivity contribution in [1.29, 1.82) is 0 Å². The van der Waals surface area contributed by atoms with E-state index in [9.17, 15) is 0 Å². The summed E-state index contributed by atoms with van der Waals surface area (Å²) in [6, 6.07) is 0. The van der Waals surface area contributed by atoms with E-state index in [0.29, 0.717) is 5.92 Å². The second kappa shape index (κ2) is 5.27. The highest BCUT2D eigenvalue weighted by Crippen LogP contribution is 2.18. The average Bonchev–Trinajstić information content (AvgIpc) is 2.74. The van der Waals surface area contributed by atoms with Crippen LogP contribution in [0.15, 0.2) is 11.4 Å². The first kappa shape index (κ1) is 12.0. The summed E-state index contributed by atoms with van der Waals surface area (Å²) in [6.07, 6.45) is 3.79. The van der Waals surface area contributed by atoms with Crippen LogP contribution in [0.25, 0.3) is 0 Å². The van der Waals surface area contributed by atoms with E-state index in [0.717, 1.165) is 43.9 Å². The first-order chi connectivity index (χ1) is 8.22. The zero-order valence-electron chi connectivity index (χ0n) is 10.4. The van der Waals surface area contributed by atoms with Crippen molar-refractivity contribution in [1.82, 2.24) is 19.9 Å². The predicted octanol–water partition coefficient (Wildman–Crippen LogP) is 0.877. The molecule has 17 heavy (non-hydrogen) atoms. The lowest BCUT2D eigenvalue weighted by atomic mass is 9.93. The molecule has 1 atom stereocenters. The van der Waals surface area contributed by atoms with Gasteiger partial charge in [0, 0.05) is 45.2 Å². The zero-order chi connectivity index (χ0) is 12.3. The maximum atomic E-state index is 8.92. The van der Waals surface area contributed by atoms with Crippen molar-refractivity contribution in [2.75, 3.05) is 13.1 Å². The van der Waals surface area contributed by atoms with Gasteiger partial charge in [0.05, 0.1) is 11.4 Å². The number of piperidine rings is 1. The molecule has 1 unspecified atom stereocenters. The van der Waals surface area contributed by atoms with Crippen LogP contribution in [0.3, 0.4) is 0 Å². The van der Waals surface area contributed by atoms with Crippen molar-refractivity contribution >= 4 is 5.71 Å². The minimum Gasteiger partial charge on any atom is -0.411 e. The molecule has 1 N–H and O–H groups in total. The Kier molecular flexibility index (Phi) is 3.73. The largest absolute Gasteiger partial charge is 0.411 e. The van der Waals surface area contributed by atoms with Gasteiger partial charge in [0.15, 0.2) is 0 Å². The highest BCUT2D eigenvalue weighted by molar-refractivity contribution is 5.87. The lowest BCUT2D eigenvalue weighted by molar-refractivity contribution is 0.218. The molecule has 94 valence electrons. The first-order valence-electron chi connectivity index (χ1n) is 6.01. The summed E-state index contributed by atoms with van der Waals surface area (Å²) in [4.78, 5) is 2.34. The number of hydrogen-bond donors (Lipinski definition) is 1. The number of aromatic nitrogens is 3. The van der Waals surface area contributed by atoms with Crippen molar-refractivity contribution in [3.63, 3.8) is 0 Å². The van der Waals surface area contributed by atoms with E-state index in [2.05, 4.69) is 27.3 Å². The lowest BCUT2D eigenvalue weighted by Gasteiger charge is -2.32. The molecule has 0 amide bonds. The number of nitrogens with zero attached hydrogens (tertiary/aromatic N) is 5. The molecule has 0 spiro atoms. The summed E-state index contributed by atoms with van der Waals surface area (Å²) in [5.74, 6) is 0.366. The van der Waals surface area contributed by atoms with Crippen LogP contribution in [0.5, 0.6) is 0 Å². The van der Waals surface area contributed by atoms with Crippen LogP contribution in [-0.2, 0) is 13.6 Å². The van der Waals surface area contributed by atoms with Gasteiger partial charge in [0.25, 0.3) is 0 Å². The molecule has 2 rings (SSSR count). The van der Waals surface area contributed by atoms with Crippen molar-refractivity contribution in [3.05, 3.63) is 11.9 Å². The van der Waals surface area contributed by atoms with E-state index < -0.39 is 0 Å². The fourth-order valence-electron chi connectivity index (χ4n) is 2.32. The van der Waals surface area contributed by atoms with Gasteiger partial charge in [-0.2, -0.15) is 0 Å². The molecule has 1 aromatic heterocycles. The van der Waals surface area contributed by atoms with E-state index in [1.807, 2.05) is 13.2 Å². The summed E-state index contributed by atoms with van der Waals surface area (Å²) in [5, 5.41) is 20.3. The minimum absolute atomic E-state index is 0.366. The summed E-state index contributed by atoms with van der Waals surface area (Å²) in [7, 11) is 1.87. The Balaban J connectivity index is 1.96. The van der Waals surface area contributed by atoms with Crippen molar-refractivity contribution < 1.29 is 5.21 Å². The maximum absolute atomic E-state index is 8.92. The minimum atomic E-state index is 0.366. The second-order valence-electron chi connectivity index (χ2n) is 4.57. The molecule has 0 bridgehead atoms. The molecule has 1 fully saturated rings. The Morgan fingerprint density at radius 2 is 2.41 bits per heavy atom. The van der Waals surface area contributed by atoms with Gasteiger partial charge in [-0.15, -0.1) is 5.10 Å². The van der Waals surface area contributed by atoms with E-state index in [4.69, 9.17) is 5.21 Å². The molecule has 1 saturated heterocycles. The van der Waals surface area contributed by atoms with Gasteiger partial charge in [-0.25, -0.2) is 0 Å². The van der Waals surface area contributed by atoms with Gasteiger partial charge in [-0.05, 0) is 6.42 Å². The molecule has 2 heterocycles. The second-order valence-corrected chi connectivity index (χ2v) is 4.57. The Labute approximate surface area is 101 Å². The number of oxime groups is 1. The van der Waals surface area contributed by atoms with Gasteiger partial charge in [0.2, 0.25) is 0 Å². The third-order valence-electron chi connectivity index (χ3n) is 3.29. The van der Waals surface area contributed by atoms with Crippen LogP contribution in [0, 0.1) is 5.92 Å². The highest BCUT2D eigenvalue weighted by Gasteiger charge is 2.25. The molecule has 0 radical (unpaired) electrons. The fraction of sp³-hybridized carbons (Fsp3) is 0.727. The molecular formula is C11H19N5O. The topological polar surface area (TPSA) is 66.5 Å². The van der Waals surface area contributed by atoms with E-state index in [-0.39, 0.29) is 0 Å². The molecule has 6 heteroatoms. The van der Waals surface area contributed by atoms with Gasteiger partial charge in [0.1, 0.15) is 0 Å². The fourth-order valence-corrected chi connectivity index (χ4v) is 2.32. The Hall–Kier alpha value is -1.43. The van der Waals surface area contributed by atoms with E-state index >= 15 is 0 Å². The molecule has 0 aromatic carbocycles. The molecule has 6 nitrogen and oxygen atoms in total. The molecule has 1 aromatic rings. The van der Waals surface area contributed by atoms with Gasteiger partial charge >= 0.3 is 0 Å². The van der Waals surface area contributed by atoms with Crippen LogP contribution >= 0.6 is 0 Å². The van der Waals surface area contributed by atoms with Crippen LogP contribution in [-0.4, -0.2) is 43.9 Å². The molecule has 0 saturated carbocycles. The third kappa shape index (κ3) is 2.82. The first-order valence-corrected chi connectivity index (χ1v) is 6.01. The highest BCUT2D eigenvalue weighted by atomic mass is 16.4. The summed E-state index contributed by atoms with van der Waals surface area (Å²) < 4.78 is 1.72. The quantitative estimate of drug-likeness (QED) is 0.626. The average molecular weight is 237 g/mol. The number of likely N-dealkylation sites (tertiary alicyclic amines) is 1. The van der Waals surface area contributed by atoms with Crippen LogP contribution < -0.4 is 0 Å².